The van der Waals surface area contributed by atoms with E-state index in [1.54, 1.807) is 6.07 Å². The van der Waals surface area contributed by atoms with Gasteiger partial charge in [-0.25, -0.2) is 4.98 Å². The minimum Gasteiger partial charge on any atom is -0.270 e. The lowest BCUT2D eigenvalue weighted by molar-refractivity contribution is 0.0725. The molecule has 0 fully saturated rings. The molecule has 94 valence electrons. The Morgan fingerprint density at radius 2 is 2.22 bits per heavy atom. The van der Waals surface area contributed by atoms with Crippen molar-refractivity contribution in [2.75, 3.05) is 0 Å². The Labute approximate surface area is 124 Å². The number of fused-ring (bicyclic) bond motifs is 1. The maximum Gasteiger partial charge on any atom is 0.320 e. The summed E-state index contributed by atoms with van der Waals surface area (Å²) in [6.07, 6.45) is 0. The van der Waals surface area contributed by atoms with Crippen LogP contribution < -0.4 is 0 Å². The maximum absolute atomic E-state index is 12.9. The largest absolute Gasteiger partial charge is 0.320 e. The van der Waals surface area contributed by atoms with Gasteiger partial charge in [0.05, 0.1) is 16.1 Å². The fraction of sp³-hybridized carbons (Fsp3) is 0.182. The monoisotopic (exact) mass is 398 g/mol. The van der Waals surface area contributed by atoms with Crippen LogP contribution in [-0.2, 0) is 0 Å². The first-order valence-electron chi connectivity index (χ1n) is 4.79. The zero-order chi connectivity index (χ0) is 13.3. The molecule has 1 aromatic carbocycles. The van der Waals surface area contributed by atoms with Crippen LogP contribution in [0.15, 0.2) is 12.1 Å². The highest BCUT2D eigenvalue weighted by molar-refractivity contribution is 14.2. The molecule has 18 heavy (non-hydrogen) atoms. The number of rotatable bonds is 1. The van der Waals surface area contributed by atoms with Gasteiger partial charge in [-0.05, 0) is 33.2 Å². The Balaban J connectivity index is 2.68. The van der Waals surface area contributed by atoms with E-state index in [0.29, 0.717) is 21.6 Å². The van der Waals surface area contributed by atoms with Gasteiger partial charge in [0.15, 0.2) is 0 Å². The van der Waals surface area contributed by atoms with Crippen molar-refractivity contribution in [2.24, 2.45) is 0 Å². The molecule has 2 aromatic rings. The molecule has 0 aliphatic heterocycles. The van der Waals surface area contributed by atoms with Gasteiger partial charge in [-0.15, -0.1) is 0 Å². The third kappa shape index (κ3) is 2.58. The molecule has 0 bridgehead atoms. The van der Waals surface area contributed by atoms with E-state index in [-0.39, 0.29) is 5.82 Å². The van der Waals surface area contributed by atoms with Crippen molar-refractivity contribution in [1.29, 1.82) is 0 Å². The lowest BCUT2D eigenvalue weighted by atomic mass is 10.2. The Hall–Kier alpha value is -0.520. The molecule has 1 aromatic heterocycles. The third-order valence-electron chi connectivity index (χ3n) is 2.37. The second-order valence-corrected chi connectivity index (χ2v) is 5.52. The van der Waals surface area contributed by atoms with E-state index in [9.17, 15) is 8.78 Å². The van der Waals surface area contributed by atoms with Gasteiger partial charge in [-0.2, -0.15) is 8.78 Å². The second-order valence-electron chi connectivity index (χ2n) is 3.43. The summed E-state index contributed by atoms with van der Waals surface area (Å²) in [4.78, 5) is 4.09. The lowest BCUT2D eigenvalue weighted by Gasteiger charge is -2.04. The van der Waals surface area contributed by atoms with Gasteiger partial charge < -0.3 is 0 Å². The lowest BCUT2D eigenvalue weighted by Crippen LogP contribution is -2.00. The highest BCUT2D eigenvalue weighted by atomic mass is 127. The first-order chi connectivity index (χ1) is 8.54. The molecule has 1 heterocycles. The first kappa shape index (κ1) is 13.9. The first-order valence-corrected chi connectivity index (χ1v) is 8.53. The van der Waals surface area contributed by atoms with Gasteiger partial charge in [0.2, 0.25) is 0 Å². The van der Waals surface area contributed by atoms with Gasteiger partial charge in [0.1, 0.15) is 5.82 Å². The molecule has 2 nitrogen and oxygen atoms in total. The Kier molecular flexibility index (Phi) is 4.35. The molecule has 0 spiro atoms. The van der Waals surface area contributed by atoms with E-state index < -0.39 is 6.55 Å². The SMILES string of the molecule is Cc1nc2cc(C#CSI)c(Cl)cc2n1C(F)F. The molecule has 0 aliphatic carbocycles. The van der Waals surface area contributed by atoms with Crippen molar-refractivity contribution in [1.82, 2.24) is 9.55 Å². The summed E-state index contributed by atoms with van der Waals surface area (Å²) in [5.41, 5.74) is 1.38. The van der Waals surface area contributed by atoms with Gasteiger partial charge in [0, 0.05) is 26.8 Å². The van der Waals surface area contributed by atoms with E-state index in [4.69, 9.17) is 11.6 Å². The predicted octanol–water partition coefficient (Wildman–Crippen LogP) is 4.79. The molecule has 0 radical (unpaired) electrons. The molecule has 0 atom stereocenters. The fourth-order valence-corrected chi connectivity index (χ4v) is 2.34. The van der Waals surface area contributed by atoms with Gasteiger partial charge in [-0.1, -0.05) is 17.5 Å². The molecule has 0 N–H and O–H groups in total. The van der Waals surface area contributed by atoms with Crippen LogP contribution in [0.3, 0.4) is 0 Å². The number of alkyl halides is 2. The summed E-state index contributed by atoms with van der Waals surface area (Å²) in [7, 11) is 1.33. The van der Waals surface area contributed by atoms with Gasteiger partial charge in [-0.3, -0.25) is 4.57 Å². The van der Waals surface area contributed by atoms with Crippen LogP contribution in [0.1, 0.15) is 17.9 Å². The molecule has 0 amide bonds. The van der Waals surface area contributed by atoms with Crippen molar-refractivity contribution >= 4 is 52.8 Å². The van der Waals surface area contributed by atoms with E-state index >= 15 is 0 Å². The highest BCUT2D eigenvalue weighted by Crippen LogP contribution is 2.28. The van der Waals surface area contributed by atoms with Crippen LogP contribution in [0.4, 0.5) is 8.78 Å². The zero-order valence-electron chi connectivity index (χ0n) is 9.05. The normalized spacial score (nSPS) is 10.8. The molecule has 7 heteroatoms. The van der Waals surface area contributed by atoms with Crippen LogP contribution in [-0.4, -0.2) is 9.55 Å². The number of aromatic nitrogens is 2. The molecule has 0 unspecified atom stereocenters. The van der Waals surface area contributed by atoms with Crippen LogP contribution in [0.2, 0.25) is 5.02 Å². The van der Waals surface area contributed by atoms with Crippen molar-refractivity contribution in [3.63, 3.8) is 0 Å². The zero-order valence-corrected chi connectivity index (χ0v) is 12.8. The number of hydrogen-bond donors (Lipinski definition) is 0. The number of hydrogen-bond acceptors (Lipinski definition) is 2. The van der Waals surface area contributed by atoms with Gasteiger partial charge >= 0.3 is 6.55 Å². The maximum atomic E-state index is 12.9. The molecule has 2 rings (SSSR count). The number of imidazole rings is 1. The van der Waals surface area contributed by atoms with Crippen LogP contribution in [0, 0.1) is 18.1 Å². The Bertz CT molecular complexity index is 660. The van der Waals surface area contributed by atoms with Crippen LogP contribution >= 0.6 is 41.7 Å². The molecular weight excluding hydrogens is 393 g/mol. The van der Waals surface area contributed by atoms with E-state index in [0.717, 1.165) is 4.57 Å². The molecule has 0 saturated carbocycles. The number of benzene rings is 1. The second kappa shape index (κ2) is 5.63. The molecule has 0 aliphatic rings. The Morgan fingerprint density at radius 3 is 2.83 bits per heavy atom. The summed E-state index contributed by atoms with van der Waals surface area (Å²) in [6.45, 7) is -1.10. The molecule has 0 saturated heterocycles. The standard InChI is InChI=1S/C11H6ClF2IN2S/c1-6-16-9-4-7(2-3-18-15)8(12)5-10(9)17(6)11(13)14/h4-5,11H,1H3. The van der Waals surface area contributed by atoms with E-state index in [1.807, 2.05) is 21.2 Å². The van der Waals surface area contributed by atoms with E-state index in [1.165, 1.54) is 21.9 Å². The summed E-state index contributed by atoms with van der Waals surface area (Å²) in [5.74, 6) is 3.10. The predicted molar refractivity (Wildman–Crippen MR) is 79.2 cm³/mol. The van der Waals surface area contributed by atoms with Crippen molar-refractivity contribution in [3.8, 4) is 11.2 Å². The van der Waals surface area contributed by atoms with Crippen LogP contribution in [0.5, 0.6) is 0 Å². The smallest absolute Gasteiger partial charge is 0.270 e. The molecular formula is C11H6ClF2IN2S. The third-order valence-corrected chi connectivity index (χ3v) is 3.53. The van der Waals surface area contributed by atoms with E-state index in [2.05, 4.69) is 16.2 Å². The van der Waals surface area contributed by atoms with Crippen molar-refractivity contribution in [3.05, 3.63) is 28.5 Å². The summed E-state index contributed by atoms with van der Waals surface area (Å²) >= 11 is 8.07. The Morgan fingerprint density at radius 1 is 1.50 bits per heavy atom. The average Bonchev–Trinajstić information content (AvgIpc) is 2.61. The summed E-state index contributed by atoms with van der Waals surface area (Å²) in [5, 5.41) is 3.15. The fourth-order valence-electron chi connectivity index (χ4n) is 1.65. The minimum absolute atomic E-state index is 0.254. The number of nitrogens with zero attached hydrogens (tertiary/aromatic N) is 2. The highest BCUT2D eigenvalue weighted by Gasteiger charge is 2.16. The minimum atomic E-state index is -2.63. The number of aryl methyl sites for hydroxylation is 1. The van der Waals surface area contributed by atoms with Crippen LogP contribution in [0.25, 0.3) is 11.0 Å². The number of halogens is 4. The summed E-state index contributed by atoms with van der Waals surface area (Å²) < 4.78 is 26.6. The topological polar surface area (TPSA) is 17.8 Å². The quantitative estimate of drug-likeness (QED) is 0.508. The summed E-state index contributed by atoms with van der Waals surface area (Å²) in [6, 6.07) is 3.11. The average molecular weight is 399 g/mol. The van der Waals surface area contributed by atoms with Gasteiger partial charge in [0.25, 0.3) is 0 Å². The van der Waals surface area contributed by atoms with Crippen molar-refractivity contribution < 1.29 is 8.78 Å². The van der Waals surface area contributed by atoms with Crippen molar-refractivity contribution in [2.45, 2.75) is 13.5 Å².